The maximum Gasteiger partial charge on any atom is 0.107 e. The molecule has 23 heavy (non-hydrogen) atoms. The van der Waals surface area contributed by atoms with Gasteiger partial charge in [-0.25, -0.2) is 0 Å². The van der Waals surface area contributed by atoms with E-state index in [0.717, 1.165) is 6.42 Å². The van der Waals surface area contributed by atoms with E-state index in [9.17, 15) is 5.11 Å². The molecule has 2 aromatic rings. The number of halogens is 2. The van der Waals surface area contributed by atoms with E-state index in [1.165, 1.54) is 42.0 Å². The zero-order valence-electron chi connectivity index (χ0n) is 13.1. The number of aliphatic hydroxyl groups is 1. The molecular formula is C20H22Br2O. The van der Waals surface area contributed by atoms with E-state index in [1.54, 1.807) is 0 Å². The number of alkyl halides is 2. The first-order valence-corrected chi connectivity index (χ1v) is 10.2. The summed E-state index contributed by atoms with van der Waals surface area (Å²) < 4.78 is -0.361. The Labute approximate surface area is 154 Å². The molecule has 2 aliphatic carbocycles. The quantitative estimate of drug-likeness (QED) is 0.544. The van der Waals surface area contributed by atoms with Crippen molar-refractivity contribution < 1.29 is 5.11 Å². The van der Waals surface area contributed by atoms with Crippen molar-refractivity contribution in [3.8, 4) is 0 Å². The van der Waals surface area contributed by atoms with E-state index in [1.807, 2.05) is 0 Å². The van der Waals surface area contributed by atoms with E-state index < -0.39 is 6.10 Å². The SMILES string of the molecule is OC1C(c2cccc3ccccc23)C2CCCCC2CC1(Br)Br. The summed E-state index contributed by atoms with van der Waals surface area (Å²) in [4.78, 5) is 0. The van der Waals surface area contributed by atoms with E-state index in [-0.39, 0.29) is 9.15 Å². The van der Waals surface area contributed by atoms with Crippen LogP contribution in [-0.4, -0.2) is 14.4 Å². The number of rotatable bonds is 1. The van der Waals surface area contributed by atoms with Crippen molar-refractivity contribution >= 4 is 42.6 Å². The van der Waals surface area contributed by atoms with Gasteiger partial charge in [-0.15, -0.1) is 0 Å². The molecule has 2 aromatic carbocycles. The molecule has 0 bridgehead atoms. The van der Waals surface area contributed by atoms with Gasteiger partial charge in [0.05, 0.1) is 6.10 Å². The van der Waals surface area contributed by atoms with E-state index in [0.29, 0.717) is 11.8 Å². The van der Waals surface area contributed by atoms with Crippen molar-refractivity contribution in [2.24, 2.45) is 11.8 Å². The summed E-state index contributed by atoms with van der Waals surface area (Å²) in [7, 11) is 0. The first-order chi connectivity index (χ1) is 11.1. The van der Waals surface area contributed by atoms with Crippen LogP contribution in [0.4, 0.5) is 0 Å². The zero-order chi connectivity index (χ0) is 16.0. The second-order valence-corrected chi connectivity index (χ2v) is 11.1. The number of aliphatic hydroxyl groups excluding tert-OH is 1. The second-order valence-electron chi connectivity index (χ2n) is 7.21. The number of hydrogen-bond acceptors (Lipinski definition) is 1. The highest BCUT2D eigenvalue weighted by molar-refractivity contribution is 9.25. The van der Waals surface area contributed by atoms with E-state index in [2.05, 4.69) is 74.3 Å². The van der Waals surface area contributed by atoms with E-state index in [4.69, 9.17) is 0 Å². The summed E-state index contributed by atoms with van der Waals surface area (Å²) in [6.07, 6.45) is 5.76. The molecule has 1 N–H and O–H groups in total. The summed E-state index contributed by atoms with van der Waals surface area (Å²) in [5, 5.41) is 13.7. The van der Waals surface area contributed by atoms with Crippen LogP contribution in [0.3, 0.4) is 0 Å². The van der Waals surface area contributed by atoms with Gasteiger partial charge in [0.1, 0.15) is 3.23 Å². The first-order valence-electron chi connectivity index (χ1n) is 8.61. The van der Waals surface area contributed by atoms with Gasteiger partial charge in [-0.1, -0.05) is 93.6 Å². The van der Waals surface area contributed by atoms with Gasteiger partial charge in [-0.3, -0.25) is 0 Å². The zero-order valence-corrected chi connectivity index (χ0v) is 16.3. The molecular weight excluding hydrogens is 416 g/mol. The first kappa shape index (κ1) is 16.1. The molecule has 0 heterocycles. The van der Waals surface area contributed by atoms with Crippen LogP contribution in [0.5, 0.6) is 0 Å². The van der Waals surface area contributed by atoms with Gasteiger partial charge < -0.3 is 5.11 Å². The summed E-state index contributed by atoms with van der Waals surface area (Å²) in [6, 6.07) is 15.1. The average Bonchev–Trinajstić information content (AvgIpc) is 2.56. The molecule has 122 valence electrons. The molecule has 4 unspecified atom stereocenters. The average molecular weight is 438 g/mol. The molecule has 0 saturated heterocycles. The van der Waals surface area contributed by atoms with E-state index >= 15 is 0 Å². The second kappa shape index (κ2) is 6.16. The predicted molar refractivity (Wildman–Crippen MR) is 103 cm³/mol. The normalized spacial score (nSPS) is 33.3. The lowest BCUT2D eigenvalue weighted by Crippen LogP contribution is -2.48. The highest BCUT2D eigenvalue weighted by atomic mass is 79.9. The Morgan fingerprint density at radius 3 is 2.57 bits per heavy atom. The largest absolute Gasteiger partial charge is 0.390 e. The lowest BCUT2D eigenvalue weighted by Gasteiger charge is -2.50. The van der Waals surface area contributed by atoms with Gasteiger partial charge in [-0.2, -0.15) is 0 Å². The predicted octanol–water partition coefficient (Wildman–Crippen LogP) is 5.98. The van der Waals surface area contributed by atoms with Crippen LogP contribution in [-0.2, 0) is 0 Å². The molecule has 2 aliphatic rings. The van der Waals surface area contributed by atoms with Gasteiger partial charge in [0.25, 0.3) is 0 Å². The maximum absolute atomic E-state index is 11.2. The Bertz CT molecular complexity index is 706. The van der Waals surface area contributed by atoms with Crippen molar-refractivity contribution in [2.75, 3.05) is 0 Å². The van der Waals surface area contributed by atoms with Crippen LogP contribution in [0.15, 0.2) is 42.5 Å². The Kier molecular flexibility index (Phi) is 4.32. The van der Waals surface area contributed by atoms with Crippen LogP contribution < -0.4 is 0 Å². The highest BCUT2D eigenvalue weighted by Gasteiger charge is 2.51. The number of fused-ring (bicyclic) bond motifs is 2. The third-order valence-electron chi connectivity index (χ3n) is 5.92. The van der Waals surface area contributed by atoms with Crippen LogP contribution >= 0.6 is 31.9 Å². The van der Waals surface area contributed by atoms with Crippen molar-refractivity contribution in [1.82, 2.24) is 0 Å². The number of benzene rings is 2. The van der Waals surface area contributed by atoms with Crippen molar-refractivity contribution in [3.63, 3.8) is 0 Å². The lowest BCUT2D eigenvalue weighted by atomic mass is 9.62. The fraction of sp³-hybridized carbons (Fsp3) is 0.500. The molecule has 2 saturated carbocycles. The molecule has 0 aromatic heterocycles. The molecule has 4 rings (SSSR count). The summed E-state index contributed by atoms with van der Waals surface area (Å²) in [6.45, 7) is 0. The minimum Gasteiger partial charge on any atom is -0.390 e. The molecule has 0 spiro atoms. The third-order valence-corrected chi connectivity index (χ3v) is 7.50. The Morgan fingerprint density at radius 2 is 1.70 bits per heavy atom. The molecule has 0 radical (unpaired) electrons. The summed E-state index contributed by atoms with van der Waals surface area (Å²) >= 11 is 7.58. The van der Waals surface area contributed by atoms with Gasteiger partial charge in [0, 0.05) is 5.92 Å². The fourth-order valence-electron chi connectivity index (χ4n) is 4.87. The van der Waals surface area contributed by atoms with Gasteiger partial charge in [-0.05, 0) is 41.0 Å². The fourth-order valence-corrected chi connectivity index (χ4v) is 6.27. The van der Waals surface area contributed by atoms with Crippen LogP contribution in [0.25, 0.3) is 10.8 Å². The van der Waals surface area contributed by atoms with Crippen molar-refractivity contribution in [1.29, 1.82) is 0 Å². The molecule has 0 amide bonds. The van der Waals surface area contributed by atoms with Crippen molar-refractivity contribution in [2.45, 2.75) is 47.4 Å². The van der Waals surface area contributed by atoms with Crippen LogP contribution in [0.2, 0.25) is 0 Å². The Hall–Kier alpha value is -0.380. The molecule has 2 fully saturated rings. The Morgan fingerprint density at radius 1 is 0.957 bits per heavy atom. The summed E-state index contributed by atoms with van der Waals surface area (Å²) in [5.74, 6) is 1.47. The topological polar surface area (TPSA) is 20.2 Å². The molecule has 4 atom stereocenters. The van der Waals surface area contributed by atoms with Crippen LogP contribution in [0.1, 0.15) is 43.6 Å². The van der Waals surface area contributed by atoms with Gasteiger partial charge in [0.2, 0.25) is 0 Å². The maximum atomic E-state index is 11.2. The minimum atomic E-state index is -0.410. The smallest absolute Gasteiger partial charge is 0.107 e. The molecule has 1 nitrogen and oxygen atoms in total. The molecule has 0 aliphatic heterocycles. The summed E-state index contributed by atoms with van der Waals surface area (Å²) in [5.41, 5.74) is 1.32. The lowest BCUT2D eigenvalue weighted by molar-refractivity contribution is 0.0236. The number of hydrogen-bond donors (Lipinski definition) is 1. The third kappa shape index (κ3) is 2.79. The van der Waals surface area contributed by atoms with Gasteiger partial charge in [0.15, 0.2) is 0 Å². The van der Waals surface area contributed by atoms with Crippen LogP contribution in [0, 0.1) is 11.8 Å². The standard InChI is InChI=1S/C20H22Br2O/c21-20(22)12-14-7-2-4-10-16(14)18(19(20)23)17-11-5-8-13-6-1-3-9-15(13)17/h1,3,5-6,8-9,11,14,16,18-19,23H,2,4,7,10,12H2. The highest BCUT2D eigenvalue weighted by Crippen LogP contribution is 2.57. The minimum absolute atomic E-state index is 0.193. The Balaban J connectivity index is 1.85. The molecule has 3 heteroatoms. The van der Waals surface area contributed by atoms with Gasteiger partial charge >= 0.3 is 0 Å². The monoisotopic (exact) mass is 436 g/mol. The van der Waals surface area contributed by atoms with Crippen molar-refractivity contribution in [3.05, 3.63) is 48.0 Å².